The highest BCUT2D eigenvalue weighted by Crippen LogP contribution is 2.30. The molecule has 25 heavy (non-hydrogen) atoms. The average molecular weight is 340 g/mol. The summed E-state index contributed by atoms with van der Waals surface area (Å²) >= 11 is 0. The molecule has 1 aromatic carbocycles. The zero-order valence-electron chi connectivity index (χ0n) is 14.8. The van der Waals surface area contributed by atoms with Gasteiger partial charge in [-0.15, -0.1) is 5.10 Å². The molecule has 0 aliphatic carbocycles. The number of aryl methyl sites for hydroxylation is 3. The van der Waals surface area contributed by atoms with Gasteiger partial charge in [-0.25, -0.2) is 4.68 Å². The fraction of sp³-hybridized carbons (Fsp3) is 0.526. The fourth-order valence-corrected chi connectivity index (χ4v) is 3.77. The van der Waals surface area contributed by atoms with Crippen LogP contribution in [0, 0.1) is 13.8 Å². The van der Waals surface area contributed by atoms with Gasteiger partial charge in [0.15, 0.2) is 0 Å². The van der Waals surface area contributed by atoms with Gasteiger partial charge in [0, 0.05) is 19.5 Å². The van der Waals surface area contributed by atoms with Crippen molar-refractivity contribution in [3.63, 3.8) is 0 Å². The van der Waals surface area contributed by atoms with E-state index in [0.717, 1.165) is 25.1 Å². The number of aromatic nitrogens is 3. The van der Waals surface area contributed by atoms with Gasteiger partial charge in [-0.3, -0.25) is 4.79 Å². The Morgan fingerprint density at radius 2 is 2.20 bits per heavy atom. The van der Waals surface area contributed by atoms with E-state index in [9.17, 15) is 4.79 Å². The minimum Gasteiger partial charge on any atom is -0.370 e. The van der Waals surface area contributed by atoms with E-state index in [1.54, 1.807) is 6.20 Å². The second-order valence-electron chi connectivity index (χ2n) is 7.13. The molecule has 0 N–H and O–H groups in total. The third-order valence-electron chi connectivity index (χ3n) is 5.48. The summed E-state index contributed by atoms with van der Waals surface area (Å²) in [6.45, 7) is 6.21. The molecule has 132 valence electrons. The van der Waals surface area contributed by atoms with E-state index < -0.39 is 0 Å². The summed E-state index contributed by atoms with van der Waals surface area (Å²) in [6.07, 6.45) is 4.08. The van der Waals surface area contributed by atoms with E-state index in [1.807, 2.05) is 9.58 Å². The number of nitrogens with zero attached hydrogens (tertiary/aromatic N) is 4. The summed E-state index contributed by atoms with van der Waals surface area (Å²) in [4.78, 5) is 14.6. The van der Waals surface area contributed by atoms with E-state index in [1.165, 1.54) is 16.7 Å². The summed E-state index contributed by atoms with van der Waals surface area (Å²) < 4.78 is 7.85. The lowest BCUT2D eigenvalue weighted by Gasteiger charge is -2.41. The predicted octanol–water partition coefficient (Wildman–Crippen LogP) is 2.20. The van der Waals surface area contributed by atoms with Crippen LogP contribution < -0.4 is 0 Å². The van der Waals surface area contributed by atoms with Crippen LogP contribution in [0.2, 0.25) is 0 Å². The molecule has 0 saturated carbocycles. The van der Waals surface area contributed by atoms with Gasteiger partial charge in [-0.2, -0.15) is 0 Å². The maximum atomic E-state index is 12.7. The maximum absolute atomic E-state index is 12.7. The first kappa shape index (κ1) is 16.3. The Morgan fingerprint density at radius 1 is 1.32 bits per heavy atom. The molecule has 6 nitrogen and oxygen atoms in total. The number of ether oxygens (including phenoxy) is 1. The first-order chi connectivity index (χ1) is 12.1. The SMILES string of the molecule is Cc1ccc(CCC(=O)N2CCC3OCc4cnnn4C3C2)cc1C. The van der Waals surface area contributed by atoms with Crippen molar-refractivity contribution in [1.82, 2.24) is 19.9 Å². The summed E-state index contributed by atoms with van der Waals surface area (Å²) in [5, 5.41) is 8.18. The van der Waals surface area contributed by atoms with E-state index in [-0.39, 0.29) is 18.1 Å². The summed E-state index contributed by atoms with van der Waals surface area (Å²) in [5.41, 5.74) is 4.79. The molecule has 1 amide bonds. The lowest BCUT2D eigenvalue weighted by Crippen LogP contribution is -2.49. The van der Waals surface area contributed by atoms with Crippen molar-refractivity contribution >= 4 is 5.91 Å². The number of hydrogen-bond donors (Lipinski definition) is 0. The molecule has 2 atom stereocenters. The summed E-state index contributed by atoms with van der Waals surface area (Å²) in [5.74, 6) is 0.212. The number of likely N-dealkylation sites (tertiary alicyclic amines) is 1. The van der Waals surface area contributed by atoms with Crippen LogP contribution in [0.5, 0.6) is 0 Å². The van der Waals surface area contributed by atoms with Crippen molar-refractivity contribution in [3.8, 4) is 0 Å². The molecule has 1 fully saturated rings. The molecule has 2 aliphatic rings. The number of hydrogen-bond acceptors (Lipinski definition) is 4. The Morgan fingerprint density at radius 3 is 3.04 bits per heavy atom. The molecule has 6 heteroatoms. The van der Waals surface area contributed by atoms with Crippen LogP contribution in [0.15, 0.2) is 24.4 Å². The highest BCUT2D eigenvalue weighted by molar-refractivity contribution is 5.76. The Balaban J connectivity index is 1.39. The molecule has 2 unspecified atom stereocenters. The van der Waals surface area contributed by atoms with Crippen LogP contribution in [-0.2, 0) is 22.6 Å². The van der Waals surface area contributed by atoms with Crippen molar-refractivity contribution in [1.29, 1.82) is 0 Å². The quantitative estimate of drug-likeness (QED) is 0.859. The fourth-order valence-electron chi connectivity index (χ4n) is 3.77. The van der Waals surface area contributed by atoms with Gasteiger partial charge in [0.05, 0.1) is 30.6 Å². The van der Waals surface area contributed by atoms with Crippen molar-refractivity contribution in [2.45, 2.75) is 51.9 Å². The van der Waals surface area contributed by atoms with Crippen molar-refractivity contribution in [3.05, 3.63) is 46.8 Å². The molecule has 2 aliphatic heterocycles. The molecule has 1 saturated heterocycles. The standard InChI is InChI=1S/C19H24N4O2/c1-13-3-4-15(9-14(13)2)5-6-19(24)22-8-7-18-17(11-22)23-16(12-25-18)10-20-21-23/h3-4,9-10,17-18H,5-8,11-12H2,1-2H3. The molecule has 4 rings (SSSR count). The maximum Gasteiger partial charge on any atom is 0.222 e. The van der Waals surface area contributed by atoms with Crippen LogP contribution in [0.1, 0.15) is 41.3 Å². The second kappa shape index (κ2) is 6.59. The first-order valence-electron chi connectivity index (χ1n) is 8.96. The molecular formula is C19H24N4O2. The summed E-state index contributed by atoms with van der Waals surface area (Å²) in [7, 11) is 0. The molecule has 0 spiro atoms. The minimum absolute atomic E-state index is 0.0885. The largest absolute Gasteiger partial charge is 0.370 e. The first-order valence-corrected chi connectivity index (χ1v) is 8.96. The van der Waals surface area contributed by atoms with Gasteiger partial charge in [0.25, 0.3) is 0 Å². The minimum atomic E-state index is 0.0885. The van der Waals surface area contributed by atoms with Gasteiger partial charge in [0.2, 0.25) is 5.91 Å². The third-order valence-corrected chi connectivity index (χ3v) is 5.48. The molecule has 2 aromatic rings. The van der Waals surface area contributed by atoms with Gasteiger partial charge in [-0.05, 0) is 43.4 Å². The lowest BCUT2D eigenvalue weighted by atomic mass is 9.99. The molecule has 3 heterocycles. The van der Waals surface area contributed by atoms with Crippen molar-refractivity contribution < 1.29 is 9.53 Å². The molecule has 0 radical (unpaired) electrons. The zero-order chi connectivity index (χ0) is 17.4. The van der Waals surface area contributed by atoms with Crippen molar-refractivity contribution in [2.24, 2.45) is 0 Å². The van der Waals surface area contributed by atoms with Gasteiger partial charge >= 0.3 is 0 Å². The Hall–Kier alpha value is -2.21. The Kier molecular flexibility index (Phi) is 4.29. The predicted molar refractivity (Wildman–Crippen MR) is 93.1 cm³/mol. The highest BCUT2D eigenvalue weighted by atomic mass is 16.5. The van der Waals surface area contributed by atoms with Gasteiger partial charge in [0.1, 0.15) is 0 Å². The zero-order valence-corrected chi connectivity index (χ0v) is 14.8. The smallest absolute Gasteiger partial charge is 0.222 e. The van der Waals surface area contributed by atoms with Crippen LogP contribution in [0.4, 0.5) is 0 Å². The monoisotopic (exact) mass is 340 g/mol. The number of carbonyl (C=O) groups is 1. The third kappa shape index (κ3) is 3.18. The molecule has 1 aromatic heterocycles. The second-order valence-corrected chi connectivity index (χ2v) is 7.13. The highest BCUT2D eigenvalue weighted by Gasteiger charge is 2.37. The van der Waals surface area contributed by atoms with E-state index in [4.69, 9.17) is 4.74 Å². The van der Waals surface area contributed by atoms with Gasteiger partial charge < -0.3 is 9.64 Å². The van der Waals surface area contributed by atoms with E-state index >= 15 is 0 Å². The van der Waals surface area contributed by atoms with E-state index in [2.05, 4.69) is 42.4 Å². The average Bonchev–Trinajstić information content (AvgIpc) is 3.11. The van der Waals surface area contributed by atoms with Crippen LogP contribution >= 0.6 is 0 Å². The summed E-state index contributed by atoms with van der Waals surface area (Å²) in [6, 6.07) is 6.53. The molecular weight excluding hydrogens is 316 g/mol. The number of benzene rings is 1. The number of carbonyl (C=O) groups excluding carboxylic acids is 1. The van der Waals surface area contributed by atoms with Crippen LogP contribution in [0.25, 0.3) is 0 Å². The number of amides is 1. The normalized spacial score (nSPS) is 22.4. The van der Waals surface area contributed by atoms with Crippen LogP contribution in [-0.4, -0.2) is 45.0 Å². The molecule has 0 bridgehead atoms. The van der Waals surface area contributed by atoms with Crippen LogP contribution in [0.3, 0.4) is 0 Å². The van der Waals surface area contributed by atoms with Crippen molar-refractivity contribution in [2.75, 3.05) is 13.1 Å². The van der Waals surface area contributed by atoms with Gasteiger partial charge in [-0.1, -0.05) is 23.4 Å². The lowest BCUT2D eigenvalue weighted by molar-refractivity contribution is -0.138. The number of fused-ring (bicyclic) bond motifs is 3. The number of rotatable bonds is 3. The number of piperidine rings is 1. The topological polar surface area (TPSA) is 60.3 Å². The Labute approximate surface area is 147 Å². The van der Waals surface area contributed by atoms with E-state index in [0.29, 0.717) is 19.6 Å². The Bertz CT molecular complexity index is 785.